The first-order valence-corrected chi connectivity index (χ1v) is 32.1. The molecule has 1 rings (SSSR count). The number of likely N-dealkylation sites (tertiary alicyclic amines) is 1. The molecule has 1 aliphatic rings. The Morgan fingerprint density at radius 2 is 0.685 bits per heavy atom. The summed E-state index contributed by atoms with van der Waals surface area (Å²) >= 11 is 0. The summed E-state index contributed by atoms with van der Waals surface area (Å²) < 4.78 is 31.1. The lowest BCUT2D eigenvalue weighted by atomic mass is 10.0. The SMILES string of the molecule is CCCCCC/C=C\COC(CCCCCCCCCC(CCCCCCCCCC(OC/C=C\CCCCCC)OC/C=C\CCCCCC)OC(=O)CCCN1CCCCC1)OC/C=C\CCCCCC. The Morgan fingerprint density at radius 3 is 1.03 bits per heavy atom. The van der Waals surface area contributed by atoms with Gasteiger partial charge in [-0.3, -0.25) is 4.79 Å². The van der Waals surface area contributed by atoms with Crippen molar-refractivity contribution in [2.24, 2.45) is 0 Å². The molecule has 0 N–H and O–H groups in total. The summed E-state index contributed by atoms with van der Waals surface area (Å²) in [6.07, 6.45) is 69.4. The molecule has 7 heteroatoms. The van der Waals surface area contributed by atoms with Gasteiger partial charge in [0.25, 0.3) is 0 Å². The predicted molar refractivity (Wildman–Crippen MR) is 315 cm³/mol. The van der Waals surface area contributed by atoms with E-state index in [1.807, 2.05) is 0 Å². The fourth-order valence-corrected chi connectivity index (χ4v) is 9.85. The third-order valence-corrected chi connectivity index (χ3v) is 14.6. The van der Waals surface area contributed by atoms with Crippen LogP contribution in [0, 0.1) is 0 Å². The molecule has 0 aromatic heterocycles. The number of hydrogen-bond acceptors (Lipinski definition) is 7. The average Bonchev–Trinajstić information content (AvgIpc) is 3.40. The first-order valence-electron chi connectivity index (χ1n) is 32.1. The highest BCUT2D eigenvalue weighted by atomic mass is 16.7. The zero-order valence-electron chi connectivity index (χ0n) is 49.1. The molecule has 0 aromatic carbocycles. The highest BCUT2D eigenvalue weighted by Crippen LogP contribution is 2.20. The fourth-order valence-electron chi connectivity index (χ4n) is 9.85. The molecule has 0 unspecified atom stereocenters. The van der Waals surface area contributed by atoms with Crippen molar-refractivity contribution in [2.75, 3.05) is 46.1 Å². The van der Waals surface area contributed by atoms with Gasteiger partial charge in [0, 0.05) is 6.42 Å². The monoisotopic (exact) mass is 1030 g/mol. The van der Waals surface area contributed by atoms with Crippen LogP contribution in [0.4, 0.5) is 0 Å². The molecule has 0 spiro atoms. The molecular weight excluding hydrogens is 903 g/mol. The molecule has 0 atom stereocenters. The van der Waals surface area contributed by atoms with Crippen molar-refractivity contribution in [3.8, 4) is 0 Å². The predicted octanol–water partition coefficient (Wildman–Crippen LogP) is 20.0. The molecule has 0 radical (unpaired) electrons. The van der Waals surface area contributed by atoms with Crippen LogP contribution in [0.5, 0.6) is 0 Å². The molecule has 0 saturated carbocycles. The van der Waals surface area contributed by atoms with Gasteiger partial charge in [0.05, 0.1) is 26.4 Å². The molecule has 0 bridgehead atoms. The number of piperidine rings is 1. The van der Waals surface area contributed by atoms with Crippen molar-refractivity contribution in [2.45, 2.75) is 322 Å². The summed E-state index contributed by atoms with van der Waals surface area (Å²) in [6, 6.07) is 0. The lowest BCUT2D eigenvalue weighted by molar-refractivity contribution is -0.150. The fraction of sp³-hybridized carbons (Fsp3) is 0.864. The van der Waals surface area contributed by atoms with Crippen LogP contribution in [0.1, 0.15) is 304 Å². The Morgan fingerprint density at radius 1 is 0.370 bits per heavy atom. The van der Waals surface area contributed by atoms with Gasteiger partial charge in [-0.2, -0.15) is 0 Å². The van der Waals surface area contributed by atoms with E-state index in [4.69, 9.17) is 23.7 Å². The maximum atomic E-state index is 13.1. The third-order valence-electron chi connectivity index (χ3n) is 14.6. The quantitative estimate of drug-likeness (QED) is 0.0260. The van der Waals surface area contributed by atoms with Gasteiger partial charge in [-0.25, -0.2) is 0 Å². The highest BCUT2D eigenvalue weighted by Gasteiger charge is 2.16. The van der Waals surface area contributed by atoms with Gasteiger partial charge in [-0.05, 0) is 142 Å². The van der Waals surface area contributed by atoms with Crippen molar-refractivity contribution in [1.82, 2.24) is 4.90 Å². The van der Waals surface area contributed by atoms with Gasteiger partial charge in [-0.15, -0.1) is 0 Å². The number of hydrogen-bond donors (Lipinski definition) is 0. The standard InChI is InChI=1S/C66H123NO6/c1-5-9-13-17-27-35-46-59-69-65(70-60-47-36-28-18-14-10-6-2)54-42-33-25-21-23-31-40-51-63(73-64(68)53-50-58-67-56-44-39-45-57-67)52-41-32-24-22-26-34-43-55-66(71-61-48-37-29-19-15-11-7-3)72-62-49-38-30-20-16-12-8-4/h35-38,46-49,63,65-66H,5-34,39-45,50-62H2,1-4H3/b46-35-,47-36-,48-37-,49-38-. The van der Waals surface area contributed by atoms with E-state index in [1.165, 1.54) is 199 Å². The lowest BCUT2D eigenvalue weighted by Gasteiger charge is -2.26. The number of carbonyl (C=O) groups is 1. The van der Waals surface area contributed by atoms with Crippen LogP contribution in [0.2, 0.25) is 0 Å². The average molecular weight is 1030 g/mol. The van der Waals surface area contributed by atoms with Crippen LogP contribution < -0.4 is 0 Å². The smallest absolute Gasteiger partial charge is 0.306 e. The number of allylic oxidation sites excluding steroid dienone is 4. The minimum Gasteiger partial charge on any atom is -0.462 e. The van der Waals surface area contributed by atoms with E-state index < -0.39 is 0 Å². The van der Waals surface area contributed by atoms with E-state index in [0.29, 0.717) is 32.8 Å². The normalized spacial score (nSPS) is 13.8. The van der Waals surface area contributed by atoms with E-state index in [1.54, 1.807) is 0 Å². The maximum absolute atomic E-state index is 13.1. The summed E-state index contributed by atoms with van der Waals surface area (Å²) in [5.41, 5.74) is 0. The molecule has 0 aromatic rings. The molecule has 73 heavy (non-hydrogen) atoms. The largest absolute Gasteiger partial charge is 0.462 e. The van der Waals surface area contributed by atoms with Gasteiger partial charge in [0.1, 0.15) is 6.10 Å². The van der Waals surface area contributed by atoms with E-state index in [9.17, 15) is 4.79 Å². The minimum atomic E-state index is -0.132. The van der Waals surface area contributed by atoms with Crippen molar-refractivity contribution in [3.63, 3.8) is 0 Å². The number of carbonyl (C=O) groups excluding carboxylic acids is 1. The van der Waals surface area contributed by atoms with Crippen molar-refractivity contribution >= 4 is 5.97 Å². The zero-order valence-corrected chi connectivity index (χ0v) is 49.1. The minimum absolute atomic E-state index is 0.0215. The second-order valence-corrected chi connectivity index (χ2v) is 21.7. The van der Waals surface area contributed by atoms with Crippen molar-refractivity contribution in [3.05, 3.63) is 48.6 Å². The third kappa shape index (κ3) is 50.8. The van der Waals surface area contributed by atoms with Crippen LogP contribution in [0.3, 0.4) is 0 Å². The van der Waals surface area contributed by atoms with Crippen LogP contribution >= 0.6 is 0 Å². The van der Waals surface area contributed by atoms with E-state index in [0.717, 1.165) is 90.0 Å². The summed E-state index contributed by atoms with van der Waals surface area (Å²) in [6.45, 7) is 15.0. The molecule has 7 nitrogen and oxygen atoms in total. The Kier molecular flexibility index (Phi) is 54.9. The Bertz CT molecular complexity index is 1100. The van der Waals surface area contributed by atoms with Crippen LogP contribution in [0.25, 0.3) is 0 Å². The van der Waals surface area contributed by atoms with Gasteiger partial charge < -0.3 is 28.6 Å². The summed E-state index contributed by atoms with van der Waals surface area (Å²) in [4.78, 5) is 15.6. The molecular formula is C66H123NO6. The van der Waals surface area contributed by atoms with Gasteiger partial charge in [-0.1, -0.05) is 224 Å². The zero-order chi connectivity index (χ0) is 52.4. The second-order valence-electron chi connectivity index (χ2n) is 21.7. The summed E-state index contributed by atoms with van der Waals surface area (Å²) in [5, 5.41) is 0. The lowest BCUT2D eigenvalue weighted by Crippen LogP contribution is -2.31. The van der Waals surface area contributed by atoms with Crippen LogP contribution in [0.15, 0.2) is 48.6 Å². The molecule has 0 amide bonds. The van der Waals surface area contributed by atoms with E-state index in [-0.39, 0.29) is 24.7 Å². The number of ether oxygens (including phenoxy) is 5. The van der Waals surface area contributed by atoms with Crippen LogP contribution in [-0.2, 0) is 28.5 Å². The molecule has 0 aliphatic carbocycles. The number of nitrogens with zero attached hydrogens (tertiary/aromatic N) is 1. The van der Waals surface area contributed by atoms with Gasteiger partial charge in [0.2, 0.25) is 0 Å². The maximum Gasteiger partial charge on any atom is 0.306 e. The highest BCUT2D eigenvalue weighted by molar-refractivity contribution is 5.69. The number of unbranched alkanes of at least 4 members (excludes halogenated alkanes) is 28. The van der Waals surface area contributed by atoms with E-state index >= 15 is 0 Å². The second kappa shape index (κ2) is 57.9. The topological polar surface area (TPSA) is 66.5 Å². The summed E-state index contributed by atoms with van der Waals surface area (Å²) in [7, 11) is 0. The molecule has 1 aliphatic heterocycles. The Labute approximate surface area is 454 Å². The van der Waals surface area contributed by atoms with E-state index in [2.05, 4.69) is 81.2 Å². The molecule has 1 heterocycles. The molecule has 1 fully saturated rings. The first kappa shape index (κ1) is 69.2. The number of esters is 1. The van der Waals surface area contributed by atoms with Gasteiger partial charge in [0.15, 0.2) is 12.6 Å². The first-order chi connectivity index (χ1) is 36.1. The Balaban J connectivity index is 2.47. The van der Waals surface area contributed by atoms with Crippen molar-refractivity contribution in [1.29, 1.82) is 0 Å². The summed E-state index contributed by atoms with van der Waals surface area (Å²) in [5.74, 6) is 0.0215. The number of rotatable bonds is 57. The van der Waals surface area contributed by atoms with Crippen LogP contribution in [-0.4, -0.2) is 75.6 Å². The van der Waals surface area contributed by atoms with Crippen molar-refractivity contribution < 1.29 is 28.5 Å². The van der Waals surface area contributed by atoms with Gasteiger partial charge >= 0.3 is 5.97 Å². The molecule has 428 valence electrons. The molecule has 1 saturated heterocycles. The Hall–Kier alpha value is -1.77.